The zero-order valence-corrected chi connectivity index (χ0v) is 6.73. The molecule has 0 saturated carbocycles. The Morgan fingerprint density at radius 1 is 1.56 bits per heavy atom. The van der Waals surface area contributed by atoms with Crippen molar-refractivity contribution in [2.75, 3.05) is 14.1 Å². The predicted octanol–water partition coefficient (Wildman–Crippen LogP) is -0.156. The van der Waals surface area contributed by atoms with Crippen LogP contribution in [0.5, 0.6) is 0 Å². The van der Waals surface area contributed by atoms with Crippen LogP contribution < -0.4 is 5.73 Å². The first-order valence-electron chi connectivity index (χ1n) is 2.51. The molecule has 0 saturated heterocycles. The fourth-order valence-electron chi connectivity index (χ4n) is 0.254. The van der Waals surface area contributed by atoms with Gasteiger partial charge in [-0.05, 0) is 21.0 Å². The molecule has 0 rings (SSSR count). The molecule has 0 spiro atoms. The van der Waals surface area contributed by atoms with E-state index >= 15 is 0 Å². The molecule has 0 aromatic carbocycles. The van der Waals surface area contributed by atoms with Gasteiger partial charge < -0.3 is 5.73 Å². The molecule has 0 aliphatic rings. The highest BCUT2D eigenvalue weighted by Crippen LogP contribution is 1.86. The van der Waals surface area contributed by atoms with Crippen LogP contribution in [0.4, 0.5) is 0 Å². The van der Waals surface area contributed by atoms with Gasteiger partial charge in [-0.3, -0.25) is 9.69 Å². The number of nitrogens with two attached hydrogens (primary N) is 1. The van der Waals surface area contributed by atoms with E-state index in [1.807, 2.05) is 14.1 Å². The van der Waals surface area contributed by atoms with E-state index in [0.717, 1.165) is 0 Å². The Morgan fingerprint density at radius 2 is 1.89 bits per heavy atom. The van der Waals surface area contributed by atoms with E-state index in [2.05, 4.69) is 0 Å². The largest absolute Gasteiger partial charge is 0.368 e. The summed E-state index contributed by atoms with van der Waals surface area (Å²) in [5.74, 6) is -0.282. The Morgan fingerprint density at radius 3 is 1.89 bits per heavy atom. The Balaban J connectivity index is 0. The van der Waals surface area contributed by atoms with Gasteiger partial charge in [0, 0.05) is 0 Å². The van der Waals surface area contributed by atoms with Crippen molar-refractivity contribution in [2.24, 2.45) is 5.73 Å². The van der Waals surface area contributed by atoms with Crippen molar-refractivity contribution < 1.29 is 4.79 Å². The van der Waals surface area contributed by atoms with Crippen LogP contribution >= 0.6 is 12.4 Å². The first-order valence-corrected chi connectivity index (χ1v) is 2.51. The maximum absolute atomic E-state index is 10.3. The molecule has 1 amide bonds. The maximum Gasteiger partial charge on any atom is 0.234 e. The van der Waals surface area contributed by atoms with Crippen molar-refractivity contribution in [1.29, 1.82) is 0 Å². The van der Waals surface area contributed by atoms with Crippen LogP contribution in [0.1, 0.15) is 6.92 Å². The van der Waals surface area contributed by atoms with E-state index < -0.39 is 0 Å². The first-order chi connectivity index (χ1) is 3.55. The van der Waals surface area contributed by atoms with E-state index in [1.54, 1.807) is 11.8 Å². The van der Waals surface area contributed by atoms with Crippen LogP contribution in [0, 0.1) is 0 Å². The van der Waals surface area contributed by atoms with Gasteiger partial charge in [0.25, 0.3) is 0 Å². The van der Waals surface area contributed by atoms with Crippen molar-refractivity contribution in [1.82, 2.24) is 4.90 Å². The summed E-state index contributed by atoms with van der Waals surface area (Å²) < 4.78 is 0. The highest BCUT2D eigenvalue weighted by atomic mass is 35.5. The number of amides is 1. The number of hydrogen-bond acceptors (Lipinski definition) is 2. The third kappa shape index (κ3) is 4.24. The van der Waals surface area contributed by atoms with E-state index in [1.165, 1.54) is 0 Å². The summed E-state index contributed by atoms with van der Waals surface area (Å²) >= 11 is 0. The average Bonchev–Trinajstić information content (AvgIpc) is 1.64. The number of primary amides is 1. The third-order valence-electron chi connectivity index (χ3n) is 1.19. The predicted molar refractivity (Wildman–Crippen MR) is 39.6 cm³/mol. The molecule has 0 aliphatic heterocycles. The quantitative estimate of drug-likeness (QED) is 0.598. The van der Waals surface area contributed by atoms with E-state index in [-0.39, 0.29) is 24.4 Å². The molecule has 1 atom stereocenters. The van der Waals surface area contributed by atoms with Crippen molar-refractivity contribution in [3.63, 3.8) is 0 Å². The van der Waals surface area contributed by atoms with Crippen LogP contribution in [-0.4, -0.2) is 30.9 Å². The fourth-order valence-corrected chi connectivity index (χ4v) is 0.254. The third-order valence-corrected chi connectivity index (χ3v) is 1.19. The Labute approximate surface area is 61.6 Å². The summed E-state index contributed by atoms with van der Waals surface area (Å²) in [5, 5.41) is 0. The number of carbonyl (C=O) groups is 1. The minimum Gasteiger partial charge on any atom is -0.368 e. The molecule has 4 heteroatoms. The molecule has 0 radical (unpaired) electrons. The summed E-state index contributed by atoms with van der Waals surface area (Å²) in [6, 6.07) is -0.157. The smallest absolute Gasteiger partial charge is 0.234 e. The summed E-state index contributed by atoms with van der Waals surface area (Å²) in [7, 11) is 3.63. The zero-order valence-electron chi connectivity index (χ0n) is 5.92. The minimum atomic E-state index is -0.282. The molecule has 0 aromatic rings. The summed E-state index contributed by atoms with van der Waals surface area (Å²) in [6.45, 7) is 1.77. The minimum absolute atomic E-state index is 0. The molecule has 0 bridgehead atoms. The Kier molecular flexibility index (Phi) is 5.86. The number of likely N-dealkylation sites (N-methyl/N-ethyl adjacent to an activating group) is 1. The maximum atomic E-state index is 10.3. The molecule has 9 heavy (non-hydrogen) atoms. The topological polar surface area (TPSA) is 46.3 Å². The van der Waals surface area contributed by atoms with Crippen molar-refractivity contribution in [3.05, 3.63) is 0 Å². The monoisotopic (exact) mass is 152 g/mol. The molecular formula is C5H13ClN2O. The van der Waals surface area contributed by atoms with Gasteiger partial charge in [-0.25, -0.2) is 0 Å². The van der Waals surface area contributed by atoms with Gasteiger partial charge in [-0.15, -0.1) is 12.4 Å². The summed E-state index contributed by atoms with van der Waals surface area (Å²) in [6.07, 6.45) is 0. The van der Waals surface area contributed by atoms with Gasteiger partial charge in [-0.1, -0.05) is 0 Å². The van der Waals surface area contributed by atoms with Crippen LogP contribution in [0.2, 0.25) is 0 Å². The lowest BCUT2D eigenvalue weighted by Crippen LogP contribution is -2.37. The van der Waals surface area contributed by atoms with Gasteiger partial charge in [0.15, 0.2) is 0 Å². The number of rotatable bonds is 2. The molecule has 2 N–H and O–H groups in total. The number of hydrogen-bond donors (Lipinski definition) is 1. The molecular weight excluding hydrogens is 140 g/mol. The standard InChI is InChI=1S/C5H12N2O.ClH/c1-4(5(6)8)7(2)3;/h4H,1-3H3,(H2,6,8);1H/t4-;/m0./s1. The van der Waals surface area contributed by atoms with Crippen molar-refractivity contribution >= 4 is 18.3 Å². The Bertz CT molecular complexity index is 95.0. The number of carbonyl (C=O) groups excluding carboxylic acids is 1. The zero-order chi connectivity index (χ0) is 6.73. The van der Waals surface area contributed by atoms with Gasteiger partial charge >= 0.3 is 0 Å². The molecule has 0 fully saturated rings. The molecule has 56 valence electrons. The van der Waals surface area contributed by atoms with E-state index in [4.69, 9.17) is 5.73 Å². The van der Waals surface area contributed by atoms with Crippen molar-refractivity contribution in [3.8, 4) is 0 Å². The fraction of sp³-hybridized carbons (Fsp3) is 0.800. The number of nitrogens with zero attached hydrogens (tertiary/aromatic N) is 1. The summed E-state index contributed by atoms with van der Waals surface area (Å²) in [4.78, 5) is 12.1. The van der Waals surface area contributed by atoms with Crippen LogP contribution in [0.25, 0.3) is 0 Å². The van der Waals surface area contributed by atoms with Crippen LogP contribution in [0.15, 0.2) is 0 Å². The van der Waals surface area contributed by atoms with Gasteiger partial charge in [0.1, 0.15) is 0 Å². The van der Waals surface area contributed by atoms with Crippen LogP contribution in [-0.2, 0) is 4.79 Å². The summed E-state index contributed by atoms with van der Waals surface area (Å²) in [5.41, 5.74) is 4.96. The van der Waals surface area contributed by atoms with Crippen LogP contribution in [0.3, 0.4) is 0 Å². The SMILES string of the molecule is C[C@@H](C(N)=O)N(C)C.Cl. The van der Waals surface area contributed by atoms with Gasteiger partial charge in [0.2, 0.25) is 5.91 Å². The highest BCUT2D eigenvalue weighted by molar-refractivity contribution is 5.85. The second-order valence-corrected chi connectivity index (χ2v) is 2.04. The normalized spacial score (nSPS) is 12.4. The van der Waals surface area contributed by atoms with Crippen molar-refractivity contribution in [2.45, 2.75) is 13.0 Å². The average molecular weight is 153 g/mol. The number of halogens is 1. The van der Waals surface area contributed by atoms with Gasteiger partial charge in [-0.2, -0.15) is 0 Å². The molecule has 0 aromatic heterocycles. The molecule has 3 nitrogen and oxygen atoms in total. The van der Waals surface area contributed by atoms with E-state index in [0.29, 0.717) is 0 Å². The van der Waals surface area contributed by atoms with E-state index in [9.17, 15) is 4.79 Å². The molecule has 0 unspecified atom stereocenters. The first kappa shape index (κ1) is 11.5. The lowest BCUT2D eigenvalue weighted by atomic mass is 10.3. The highest BCUT2D eigenvalue weighted by Gasteiger charge is 2.08. The molecule has 0 heterocycles. The van der Waals surface area contributed by atoms with Gasteiger partial charge in [0.05, 0.1) is 6.04 Å². The molecule has 0 aliphatic carbocycles. The Hall–Kier alpha value is -0.280. The lowest BCUT2D eigenvalue weighted by molar-refractivity contribution is -0.121. The lowest BCUT2D eigenvalue weighted by Gasteiger charge is -2.14. The second-order valence-electron chi connectivity index (χ2n) is 2.04. The second kappa shape index (κ2) is 4.58.